The van der Waals surface area contributed by atoms with Crippen molar-refractivity contribution < 1.29 is 0 Å². The number of hydrogen-bond donors (Lipinski definition) is 0. The highest BCUT2D eigenvalue weighted by atomic mass is 15.2. The summed E-state index contributed by atoms with van der Waals surface area (Å²) in [6.07, 6.45) is 3.80. The Balaban J connectivity index is 1.32. The lowest BCUT2D eigenvalue weighted by atomic mass is 10.1. The van der Waals surface area contributed by atoms with Gasteiger partial charge < -0.3 is 14.7 Å². The Morgan fingerprint density at radius 2 is 0.723 bits per heavy atom. The van der Waals surface area contributed by atoms with Crippen LogP contribution >= 0.6 is 0 Å². The number of rotatable bonds is 3. The van der Waals surface area contributed by atoms with Crippen molar-refractivity contribution in [1.29, 1.82) is 0 Å². The normalized spacial score (nSPS) is 12.6. The summed E-state index contributed by atoms with van der Waals surface area (Å²) < 4.78 is 0. The summed E-state index contributed by atoms with van der Waals surface area (Å²) in [6, 6.07) is 57.9. The Bertz CT molecular complexity index is 2280. The number of aromatic nitrogens is 2. The summed E-state index contributed by atoms with van der Waals surface area (Å²) in [7, 11) is 0. The zero-order valence-corrected chi connectivity index (χ0v) is 25.5. The summed E-state index contributed by atoms with van der Waals surface area (Å²) in [6.45, 7) is 0. The van der Waals surface area contributed by atoms with Crippen molar-refractivity contribution in [1.82, 2.24) is 9.97 Å². The second-order valence-corrected chi connectivity index (χ2v) is 11.6. The Kier molecular flexibility index (Phi) is 6.39. The first-order valence-electron chi connectivity index (χ1n) is 15.7. The molecule has 9 rings (SSSR count). The molecule has 0 saturated carbocycles. The van der Waals surface area contributed by atoms with Crippen molar-refractivity contribution in [3.8, 4) is 0 Å². The molecule has 5 heteroatoms. The maximum atomic E-state index is 5.01. The molecule has 0 saturated heterocycles. The van der Waals surface area contributed by atoms with Crippen LogP contribution in [0.4, 0.5) is 51.2 Å². The quantitative estimate of drug-likeness (QED) is 0.188. The first kappa shape index (κ1) is 26.9. The number of hydrogen-bond acceptors (Lipinski definition) is 5. The second-order valence-electron chi connectivity index (χ2n) is 11.6. The lowest BCUT2D eigenvalue weighted by molar-refractivity contribution is 1.21. The van der Waals surface area contributed by atoms with Gasteiger partial charge >= 0.3 is 0 Å². The van der Waals surface area contributed by atoms with Crippen LogP contribution in [0.5, 0.6) is 0 Å². The molecule has 1 aliphatic rings. The third kappa shape index (κ3) is 4.73. The predicted molar refractivity (Wildman–Crippen MR) is 195 cm³/mol. The van der Waals surface area contributed by atoms with Gasteiger partial charge in [-0.2, -0.15) is 0 Å². The third-order valence-electron chi connectivity index (χ3n) is 8.73. The summed E-state index contributed by atoms with van der Waals surface area (Å²) in [4.78, 5) is 16.6. The minimum absolute atomic E-state index is 0.896. The van der Waals surface area contributed by atoms with Crippen LogP contribution in [-0.4, -0.2) is 9.97 Å². The van der Waals surface area contributed by atoms with Gasteiger partial charge in [-0.05, 0) is 91.0 Å². The van der Waals surface area contributed by atoms with E-state index in [4.69, 9.17) is 4.98 Å². The highest BCUT2D eigenvalue weighted by Crippen LogP contribution is 2.45. The minimum atomic E-state index is 0.896. The van der Waals surface area contributed by atoms with E-state index in [1.807, 2.05) is 18.5 Å². The summed E-state index contributed by atoms with van der Waals surface area (Å²) in [5.74, 6) is 0. The standard InChI is InChI=1S/C42H29N5/c1-3-12-32(13-4-1)45-34-16-7-17-35(26-34)46(33-14-5-2-6-15-33)37-19-9-21-39(28-37)47(38-20-8-18-36(45)27-38)40-25-31-23-22-30-11-10-24-43-41(30)42(31)44-29-40/h1-29H. The molecule has 6 aromatic carbocycles. The van der Waals surface area contributed by atoms with Gasteiger partial charge in [-0.3, -0.25) is 9.97 Å². The molecule has 0 amide bonds. The Labute approximate surface area is 273 Å². The zero-order chi connectivity index (χ0) is 31.2. The van der Waals surface area contributed by atoms with E-state index < -0.39 is 0 Å². The Hall–Kier alpha value is -6.46. The molecule has 0 fully saturated rings. The van der Waals surface area contributed by atoms with Crippen LogP contribution in [0, 0.1) is 0 Å². The Morgan fingerprint density at radius 3 is 1.23 bits per heavy atom. The second kappa shape index (κ2) is 11.2. The van der Waals surface area contributed by atoms with Gasteiger partial charge in [0.05, 0.1) is 22.9 Å². The molecule has 0 N–H and O–H groups in total. The fraction of sp³-hybridized carbons (Fsp3) is 0. The number of nitrogens with zero attached hydrogens (tertiary/aromatic N) is 5. The third-order valence-corrected chi connectivity index (χ3v) is 8.73. The zero-order valence-electron chi connectivity index (χ0n) is 25.5. The first-order valence-corrected chi connectivity index (χ1v) is 15.7. The van der Waals surface area contributed by atoms with Crippen molar-refractivity contribution >= 4 is 73.0 Å². The molecule has 0 aliphatic carbocycles. The van der Waals surface area contributed by atoms with Gasteiger partial charge in [0.25, 0.3) is 0 Å². The summed E-state index contributed by atoms with van der Waals surface area (Å²) >= 11 is 0. The molecule has 6 bridgehead atoms. The van der Waals surface area contributed by atoms with Crippen molar-refractivity contribution in [2.75, 3.05) is 14.7 Å². The summed E-state index contributed by atoms with van der Waals surface area (Å²) in [5, 5.41) is 2.12. The van der Waals surface area contributed by atoms with E-state index >= 15 is 0 Å². The van der Waals surface area contributed by atoms with Crippen molar-refractivity contribution in [3.05, 3.63) is 176 Å². The minimum Gasteiger partial charge on any atom is -0.310 e. The highest BCUT2D eigenvalue weighted by Gasteiger charge is 2.22. The number of benzene rings is 6. The van der Waals surface area contributed by atoms with Crippen molar-refractivity contribution in [2.24, 2.45) is 0 Å². The molecule has 222 valence electrons. The molecule has 5 nitrogen and oxygen atoms in total. The van der Waals surface area contributed by atoms with Crippen LogP contribution in [0.25, 0.3) is 21.8 Å². The van der Waals surface area contributed by atoms with Gasteiger partial charge in [0, 0.05) is 62.5 Å². The van der Waals surface area contributed by atoms with Crippen LogP contribution < -0.4 is 14.7 Å². The molecule has 2 aromatic heterocycles. The lowest BCUT2D eigenvalue weighted by Crippen LogP contribution is -2.16. The SMILES string of the molecule is c1ccc(N2c3cccc(c3)N(c3ccccc3)c3cccc(c3)N(c3cnc4c(ccc5cccnc54)c3)c3cccc2c3)cc1. The van der Waals surface area contributed by atoms with Crippen molar-refractivity contribution in [2.45, 2.75) is 0 Å². The fourth-order valence-corrected chi connectivity index (χ4v) is 6.66. The van der Waals surface area contributed by atoms with Gasteiger partial charge in [0.2, 0.25) is 0 Å². The van der Waals surface area contributed by atoms with E-state index in [9.17, 15) is 0 Å². The van der Waals surface area contributed by atoms with Gasteiger partial charge in [-0.1, -0.05) is 72.8 Å². The van der Waals surface area contributed by atoms with Crippen LogP contribution in [0.3, 0.4) is 0 Å². The number of fused-ring (bicyclic) bond motifs is 9. The Morgan fingerprint density at radius 1 is 0.298 bits per heavy atom. The predicted octanol–water partition coefficient (Wildman–Crippen LogP) is 11.5. The van der Waals surface area contributed by atoms with Gasteiger partial charge in [-0.15, -0.1) is 0 Å². The van der Waals surface area contributed by atoms with Crippen LogP contribution in [0.2, 0.25) is 0 Å². The molecule has 0 atom stereocenters. The van der Waals surface area contributed by atoms with Gasteiger partial charge in [0.15, 0.2) is 0 Å². The smallest absolute Gasteiger partial charge is 0.0966 e. The molecule has 8 aromatic rings. The molecule has 0 unspecified atom stereocenters. The lowest BCUT2D eigenvalue weighted by Gasteiger charge is -2.33. The topological polar surface area (TPSA) is 35.5 Å². The number of pyridine rings is 2. The van der Waals surface area contributed by atoms with E-state index in [1.54, 1.807) is 0 Å². The maximum Gasteiger partial charge on any atom is 0.0966 e. The molecule has 0 spiro atoms. The first-order chi connectivity index (χ1) is 23.3. The largest absolute Gasteiger partial charge is 0.310 e. The van der Waals surface area contributed by atoms with E-state index in [-0.39, 0.29) is 0 Å². The molecule has 0 radical (unpaired) electrons. The van der Waals surface area contributed by atoms with E-state index in [0.29, 0.717) is 0 Å². The molecular formula is C42H29N5. The van der Waals surface area contributed by atoms with Gasteiger partial charge in [-0.25, -0.2) is 0 Å². The van der Waals surface area contributed by atoms with E-state index in [2.05, 4.69) is 177 Å². The molecule has 47 heavy (non-hydrogen) atoms. The number of para-hydroxylation sites is 2. The summed E-state index contributed by atoms with van der Waals surface area (Å²) in [5.41, 5.74) is 11.3. The maximum absolute atomic E-state index is 5.01. The van der Waals surface area contributed by atoms with E-state index in [0.717, 1.165) is 73.0 Å². The van der Waals surface area contributed by atoms with Crippen LogP contribution in [0.1, 0.15) is 0 Å². The fourth-order valence-electron chi connectivity index (χ4n) is 6.66. The van der Waals surface area contributed by atoms with Gasteiger partial charge in [0.1, 0.15) is 0 Å². The monoisotopic (exact) mass is 603 g/mol. The van der Waals surface area contributed by atoms with Crippen molar-refractivity contribution in [3.63, 3.8) is 0 Å². The number of anilines is 9. The molecular weight excluding hydrogens is 574 g/mol. The average Bonchev–Trinajstić information content (AvgIpc) is 3.13. The highest BCUT2D eigenvalue weighted by molar-refractivity contribution is 6.04. The average molecular weight is 604 g/mol. The van der Waals surface area contributed by atoms with Crippen LogP contribution in [0.15, 0.2) is 176 Å². The van der Waals surface area contributed by atoms with E-state index in [1.165, 1.54) is 0 Å². The molecule has 3 heterocycles. The molecule has 1 aliphatic heterocycles. The van der Waals surface area contributed by atoms with Crippen LogP contribution in [-0.2, 0) is 0 Å².